The van der Waals surface area contributed by atoms with E-state index in [2.05, 4.69) is 30.3 Å². The SMILES string of the molecule is COc1c(CO)ccc(C(=O)/C=C/c2ccc(C)cc2C)c1OC.COc1cc(C(=O)/C=C/c2ccc(C)cc2C)cc(CO)c1CO.COc1cc(C(=O)/C=C/c2ccc(C)cc2C)ccc1CO.COc1cc(CO)cc(C(=O)/C=C/c2ccc(C)cc2C)c1.COc1cc(CO)cc(OC)c1C(=O)/C=C/c1ccc(C)cc1C. The summed E-state index contributed by atoms with van der Waals surface area (Å²) in [5.74, 6) is 2.16. The summed E-state index contributed by atoms with van der Waals surface area (Å²) < 4.78 is 36.8. The summed E-state index contributed by atoms with van der Waals surface area (Å²) in [4.78, 5) is 62.2. The number of aliphatic hydroxyl groups excluding tert-OH is 6. The van der Waals surface area contributed by atoms with Gasteiger partial charge in [-0.3, -0.25) is 24.0 Å². The predicted molar refractivity (Wildman–Crippen MR) is 460 cm³/mol. The topological polar surface area (TPSA) is 271 Å². The van der Waals surface area contributed by atoms with Crippen LogP contribution in [0.1, 0.15) is 169 Å². The number of hydrogen-bond donors (Lipinski definition) is 6. The molecule has 0 saturated carbocycles. The molecule has 116 heavy (non-hydrogen) atoms. The van der Waals surface area contributed by atoms with Crippen LogP contribution in [0.5, 0.6) is 40.2 Å². The summed E-state index contributed by atoms with van der Waals surface area (Å²) in [6.45, 7) is 19.1. The monoisotopic (exact) mass is 1570 g/mol. The van der Waals surface area contributed by atoms with Crippen LogP contribution in [0.25, 0.3) is 30.4 Å². The van der Waals surface area contributed by atoms with E-state index in [1.807, 2.05) is 142 Å². The van der Waals surface area contributed by atoms with Gasteiger partial charge in [-0.25, -0.2) is 0 Å². The van der Waals surface area contributed by atoms with Crippen LogP contribution in [0.2, 0.25) is 0 Å². The molecule has 606 valence electrons. The quantitative estimate of drug-likeness (QED) is 0.0196. The maximum atomic E-state index is 12.6. The second-order valence-electron chi connectivity index (χ2n) is 27.4. The van der Waals surface area contributed by atoms with Crippen molar-refractivity contribution < 1.29 is 87.8 Å². The fourth-order valence-electron chi connectivity index (χ4n) is 12.4. The van der Waals surface area contributed by atoms with Gasteiger partial charge in [0.25, 0.3) is 0 Å². The van der Waals surface area contributed by atoms with E-state index in [-0.39, 0.29) is 68.6 Å². The molecule has 0 radical (unpaired) electrons. The van der Waals surface area contributed by atoms with Crippen molar-refractivity contribution in [2.45, 2.75) is 109 Å². The Hall–Kier alpha value is -12.4. The highest BCUT2D eigenvalue weighted by atomic mass is 16.5. The maximum absolute atomic E-state index is 12.6. The summed E-state index contributed by atoms with van der Waals surface area (Å²) >= 11 is 0. The first-order valence-electron chi connectivity index (χ1n) is 37.3. The van der Waals surface area contributed by atoms with Crippen molar-refractivity contribution in [3.63, 3.8) is 0 Å². The Morgan fingerprint density at radius 2 is 0.629 bits per heavy atom. The van der Waals surface area contributed by atoms with Gasteiger partial charge in [0.1, 0.15) is 34.3 Å². The number of allylic oxidation sites excluding steroid dienone is 5. The third-order valence-electron chi connectivity index (χ3n) is 18.8. The van der Waals surface area contributed by atoms with Gasteiger partial charge in [-0.05, 0) is 227 Å². The Balaban J connectivity index is 0.000000226. The van der Waals surface area contributed by atoms with E-state index in [1.165, 1.54) is 95.8 Å². The third-order valence-corrected chi connectivity index (χ3v) is 18.8. The zero-order valence-corrected chi connectivity index (χ0v) is 69.2. The van der Waals surface area contributed by atoms with Crippen molar-refractivity contribution in [1.29, 1.82) is 0 Å². The van der Waals surface area contributed by atoms with Crippen molar-refractivity contribution in [2.24, 2.45) is 0 Å². The smallest absolute Gasteiger partial charge is 0.193 e. The standard InChI is InChI=1S/3C20H22O4.2C19H20O3/c1-13-5-6-15(14(2)11-13)8-10-18(22)17-9-7-16(12-21)19(23-3)20(17)24-4;1-13-5-6-16(14(2)9-13)7-8-17(22)20-18(23-3)10-15(12-21)11-19(20)24-4;1-13-4-5-15(14(2)8-13)6-7-19(23)16-9-17(11-21)18(12-22)20(10-16)24-3;1-13-4-5-16(14(2)8-13)6-7-19(21)17-9-15(12-20)10-18(11-17)22-3;1-13-4-5-15(14(2)10-13)8-9-18(21)16-6-7-17(12-20)19(11-16)22-3/h2*5-11,21H,12H2,1-4H3;4-10,21-22H,11-12H2,1-3H3;2*4-11,20H,12H2,1-3H3/b10-8+;8-7+;2*7-6+;9-8+. The predicted octanol–water partition coefficient (Wildman–Crippen LogP) is 18.0. The molecule has 0 amide bonds. The number of ketones is 5. The van der Waals surface area contributed by atoms with E-state index in [0.29, 0.717) is 101 Å². The molecular formula is C98H106O18. The van der Waals surface area contributed by atoms with Crippen LogP contribution in [0.3, 0.4) is 0 Å². The Labute approximate surface area is 681 Å². The second kappa shape index (κ2) is 46.1. The molecule has 10 rings (SSSR count). The highest BCUT2D eigenvalue weighted by Crippen LogP contribution is 2.37. The summed E-state index contributed by atoms with van der Waals surface area (Å²) in [5, 5.41) is 56.0. The van der Waals surface area contributed by atoms with E-state index in [9.17, 15) is 54.6 Å². The summed E-state index contributed by atoms with van der Waals surface area (Å²) in [6.07, 6.45) is 16.6. The van der Waals surface area contributed by atoms with E-state index in [4.69, 9.17) is 33.2 Å². The molecule has 18 heteroatoms. The van der Waals surface area contributed by atoms with Gasteiger partial charge < -0.3 is 63.8 Å². The molecule has 0 fully saturated rings. The molecule has 0 unspecified atom stereocenters. The number of rotatable bonds is 28. The first-order chi connectivity index (χ1) is 55.6. The van der Waals surface area contributed by atoms with Crippen molar-refractivity contribution in [3.05, 3.63) is 339 Å². The molecule has 6 N–H and O–H groups in total. The summed E-state index contributed by atoms with van der Waals surface area (Å²) in [7, 11) is 10.5. The highest BCUT2D eigenvalue weighted by molar-refractivity contribution is 6.12. The third kappa shape index (κ3) is 26.3. The Morgan fingerprint density at radius 1 is 0.276 bits per heavy atom. The van der Waals surface area contributed by atoms with Gasteiger partial charge in [0.15, 0.2) is 40.4 Å². The molecule has 0 aliphatic heterocycles. The molecule has 0 heterocycles. The molecule has 10 aromatic carbocycles. The van der Waals surface area contributed by atoms with E-state index >= 15 is 0 Å². The molecule has 0 aromatic heterocycles. The second-order valence-corrected chi connectivity index (χ2v) is 27.4. The van der Waals surface area contributed by atoms with Crippen LogP contribution < -0.4 is 33.2 Å². The molecule has 0 aliphatic rings. The van der Waals surface area contributed by atoms with E-state index < -0.39 is 0 Å². The Morgan fingerprint density at radius 3 is 0.983 bits per heavy atom. The lowest BCUT2D eigenvalue weighted by Gasteiger charge is -2.14. The van der Waals surface area contributed by atoms with Gasteiger partial charge in [0, 0.05) is 33.4 Å². The number of methoxy groups -OCH3 is 7. The number of carbonyl (C=O) groups is 5. The van der Waals surface area contributed by atoms with Crippen molar-refractivity contribution in [2.75, 3.05) is 49.8 Å². The average Bonchev–Trinajstić information content (AvgIpc) is 0.812. The number of hydrogen-bond acceptors (Lipinski definition) is 18. The first-order valence-corrected chi connectivity index (χ1v) is 37.3. The zero-order valence-electron chi connectivity index (χ0n) is 69.2. The number of ether oxygens (including phenoxy) is 7. The number of aryl methyl sites for hydroxylation is 10. The van der Waals surface area contributed by atoms with Crippen molar-refractivity contribution in [1.82, 2.24) is 0 Å². The van der Waals surface area contributed by atoms with Gasteiger partial charge in [0.05, 0.1) is 95.0 Å². The van der Waals surface area contributed by atoms with Crippen LogP contribution in [0, 0.1) is 69.2 Å². The lowest BCUT2D eigenvalue weighted by molar-refractivity contribution is 0.103. The van der Waals surface area contributed by atoms with Gasteiger partial charge in [-0.2, -0.15) is 0 Å². The normalized spacial score (nSPS) is 10.9. The minimum absolute atomic E-state index is 0.0947. The molecule has 0 aliphatic carbocycles. The Kier molecular flexibility index (Phi) is 36.7. The molecule has 0 spiro atoms. The molecule has 18 nitrogen and oxygen atoms in total. The van der Waals surface area contributed by atoms with Gasteiger partial charge in [0.2, 0.25) is 0 Å². The van der Waals surface area contributed by atoms with Crippen LogP contribution in [-0.4, -0.2) is 109 Å². The lowest BCUT2D eigenvalue weighted by atomic mass is 9.99. The van der Waals surface area contributed by atoms with Gasteiger partial charge in [-0.1, -0.05) is 167 Å². The summed E-state index contributed by atoms with van der Waals surface area (Å²) in [6, 6.07) is 50.3. The molecule has 0 atom stereocenters. The zero-order chi connectivity index (χ0) is 85.3. The highest BCUT2D eigenvalue weighted by Gasteiger charge is 2.21. The van der Waals surface area contributed by atoms with Crippen LogP contribution in [0.4, 0.5) is 0 Å². The average molecular weight is 1570 g/mol. The van der Waals surface area contributed by atoms with Crippen molar-refractivity contribution in [3.8, 4) is 40.2 Å². The summed E-state index contributed by atoms with van der Waals surface area (Å²) in [5.41, 5.74) is 22.2. The van der Waals surface area contributed by atoms with E-state index in [1.54, 1.807) is 103 Å². The molecule has 10 aromatic rings. The van der Waals surface area contributed by atoms with E-state index in [0.717, 1.165) is 55.6 Å². The van der Waals surface area contributed by atoms with Crippen LogP contribution in [-0.2, 0) is 39.6 Å². The minimum Gasteiger partial charge on any atom is -0.497 e. The molecule has 0 bridgehead atoms. The van der Waals surface area contributed by atoms with Crippen LogP contribution in [0.15, 0.2) is 194 Å². The molecular weight excluding hydrogens is 1470 g/mol. The lowest BCUT2D eigenvalue weighted by Crippen LogP contribution is -2.04. The number of benzene rings is 10. The Bertz CT molecular complexity index is 5190. The largest absolute Gasteiger partial charge is 0.497 e. The van der Waals surface area contributed by atoms with Crippen LogP contribution >= 0.6 is 0 Å². The van der Waals surface area contributed by atoms with Gasteiger partial charge >= 0.3 is 0 Å². The number of aliphatic hydroxyl groups is 6. The van der Waals surface area contributed by atoms with Gasteiger partial charge in [-0.15, -0.1) is 0 Å². The maximum Gasteiger partial charge on any atom is 0.193 e. The molecule has 0 saturated heterocycles. The minimum atomic E-state index is -0.270. The fraction of sp³-hybridized carbons (Fsp3) is 0.235. The first kappa shape index (κ1) is 92.5. The number of carbonyl (C=O) groups excluding carboxylic acids is 5. The van der Waals surface area contributed by atoms with Crippen molar-refractivity contribution >= 4 is 59.3 Å². The fourth-order valence-corrected chi connectivity index (χ4v) is 12.4.